The highest BCUT2D eigenvalue weighted by Crippen LogP contribution is 2.29. The molecule has 1 aliphatic rings. The van der Waals surface area contributed by atoms with Gasteiger partial charge in [0.1, 0.15) is 5.82 Å². The molecule has 96 valence electrons. The van der Waals surface area contributed by atoms with Crippen molar-refractivity contribution in [2.75, 3.05) is 30.3 Å². The van der Waals surface area contributed by atoms with Crippen molar-refractivity contribution in [1.82, 2.24) is 9.78 Å². The van der Waals surface area contributed by atoms with E-state index in [0.29, 0.717) is 12.5 Å². The standard InChI is InChI=1S/C12H22N4O/c1-3-10-11(13)12(15(2)14-10)16-6-4-9(8-17)5-7-16/h9,17H,3-8,13H2,1-2H3. The molecule has 1 aliphatic heterocycles. The third-order valence-electron chi connectivity index (χ3n) is 3.64. The number of hydrogen-bond donors (Lipinski definition) is 2. The van der Waals surface area contributed by atoms with Gasteiger partial charge in [0.25, 0.3) is 0 Å². The highest BCUT2D eigenvalue weighted by atomic mass is 16.3. The Morgan fingerprint density at radius 3 is 2.53 bits per heavy atom. The van der Waals surface area contributed by atoms with Gasteiger partial charge in [-0.2, -0.15) is 5.10 Å². The molecule has 0 atom stereocenters. The van der Waals surface area contributed by atoms with E-state index in [4.69, 9.17) is 10.8 Å². The van der Waals surface area contributed by atoms with E-state index in [0.717, 1.165) is 49.6 Å². The summed E-state index contributed by atoms with van der Waals surface area (Å²) in [5.74, 6) is 1.49. The molecule has 0 spiro atoms. The van der Waals surface area contributed by atoms with Crippen molar-refractivity contribution in [3.63, 3.8) is 0 Å². The van der Waals surface area contributed by atoms with Crippen LogP contribution >= 0.6 is 0 Å². The van der Waals surface area contributed by atoms with Crippen LogP contribution in [0.4, 0.5) is 11.5 Å². The Morgan fingerprint density at radius 1 is 1.41 bits per heavy atom. The second kappa shape index (κ2) is 4.96. The van der Waals surface area contributed by atoms with Crippen LogP contribution in [0.2, 0.25) is 0 Å². The Morgan fingerprint density at radius 2 is 2.06 bits per heavy atom. The molecule has 3 N–H and O–H groups in total. The van der Waals surface area contributed by atoms with Crippen LogP contribution in [-0.2, 0) is 13.5 Å². The average Bonchev–Trinajstić information content (AvgIpc) is 2.64. The lowest BCUT2D eigenvalue weighted by molar-refractivity contribution is 0.202. The summed E-state index contributed by atoms with van der Waals surface area (Å²) in [5, 5.41) is 13.6. The molecular formula is C12H22N4O. The van der Waals surface area contributed by atoms with Crippen molar-refractivity contribution >= 4 is 11.5 Å². The third-order valence-corrected chi connectivity index (χ3v) is 3.64. The maximum atomic E-state index is 9.14. The summed E-state index contributed by atoms with van der Waals surface area (Å²) in [4.78, 5) is 2.29. The minimum absolute atomic E-state index is 0.301. The summed E-state index contributed by atoms with van der Waals surface area (Å²) in [7, 11) is 1.95. The number of aliphatic hydroxyl groups excluding tert-OH is 1. The number of anilines is 2. The largest absolute Gasteiger partial charge is 0.396 e. The highest BCUT2D eigenvalue weighted by Gasteiger charge is 2.23. The Kier molecular flexibility index (Phi) is 3.57. The summed E-state index contributed by atoms with van der Waals surface area (Å²) >= 11 is 0. The quantitative estimate of drug-likeness (QED) is 0.816. The van der Waals surface area contributed by atoms with Gasteiger partial charge in [-0.1, -0.05) is 6.92 Å². The summed E-state index contributed by atoms with van der Waals surface area (Å²) in [6, 6.07) is 0. The van der Waals surface area contributed by atoms with Gasteiger partial charge in [-0.25, -0.2) is 0 Å². The molecule has 0 radical (unpaired) electrons. The second-order valence-corrected chi connectivity index (χ2v) is 4.77. The fourth-order valence-electron chi connectivity index (χ4n) is 2.55. The van der Waals surface area contributed by atoms with Crippen LogP contribution < -0.4 is 10.6 Å². The van der Waals surface area contributed by atoms with Crippen LogP contribution in [0.5, 0.6) is 0 Å². The van der Waals surface area contributed by atoms with Crippen molar-refractivity contribution in [2.45, 2.75) is 26.2 Å². The number of nitrogens with zero attached hydrogens (tertiary/aromatic N) is 3. The summed E-state index contributed by atoms with van der Waals surface area (Å²) in [6.45, 7) is 4.28. The van der Waals surface area contributed by atoms with E-state index in [1.54, 1.807) is 0 Å². The van der Waals surface area contributed by atoms with Crippen molar-refractivity contribution in [1.29, 1.82) is 0 Å². The second-order valence-electron chi connectivity index (χ2n) is 4.77. The van der Waals surface area contributed by atoms with Crippen LogP contribution in [0.15, 0.2) is 0 Å². The zero-order chi connectivity index (χ0) is 12.4. The molecule has 17 heavy (non-hydrogen) atoms. The molecule has 5 nitrogen and oxygen atoms in total. The Bertz CT molecular complexity index is 380. The molecule has 2 heterocycles. The number of rotatable bonds is 3. The van der Waals surface area contributed by atoms with E-state index in [1.165, 1.54) is 0 Å². The lowest BCUT2D eigenvalue weighted by Gasteiger charge is -2.32. The van der Waals surface area contributed by atoms with E-state index in [9.17, 15) is 0 Å². The maximum absolute atomic E-state index is 9.14. The lowest BCUT2D eigenvalue weighted by Crippen LogP contribution is -2.36. The third kappa shape index (κ3) is 2.24. The molecule has 2 rings (SSSR count). The molecule has 1 aromatic heterocycles. The van der Waals surface area contributed by atoms with E-state index in [1.807, 2.05) is 11.7 Å². The highest BCUT2D eigenvalue weighted by molar-refractivity contribution is 5.66. The summed E-state index contributed by atoms with van der Waals surface area (Å²) < 4.78 is 1.88. The number of aliphatic hydroxyl groups is 1. The molecule has 1 saturated heterocycles. The van der Waals surface area contributed by atoms with E-state index in [2.05, 4.69) is 16.9 Å². The number of aryl methyl sites for hydroxylation is 2. The van der Waals surface area contributed by atoms with Crippen LogP contribution in [0.3, 0.4) is 0 Å². The molecular weight excluding hydrogens is 216 g/mol. The Hall–Kier alpha value is -1.23. The van der Waals surface area contributed by atoms with E-state index < -0.39 is 0 Å². The number of piperidine rings is 1. The molecule has 5 heteroatoms. The predicted molar refractivity (Wildman–Crippen MR) is 69.0 cm³/mol. The van der Waals surface area contributed by atoms with Gasteiger partial charge in [-0.15, -0.1) is 0 Å². The molecule has 0 unspecified atom stereocenters. The summed E-state index contributed by atoms with van der Waals surface area (Å²) in [6.07, 6.45) is 2.93. The minimum Gasteiger partial charge on any atom is -0.396 e. The first kappa shape index (κ1) is 12.2. The number of nitrogen functional groups attached to an aromatic ring is 1. The van der Waals surface area contributed by atoms with Crippen LogP contribution in [-0.4, -0.2) is 34.6 Å². The topological polar surface area (TPSA) is 67.3 Å². The van der Waals surface area contributed by atoms with Gasteiger partial charge in [0, 0.05) is 26.7 Å². The molecule has 0 saturated carbocycles. The van der Waals surface area contributed by atoms with Gasteiger partial charge >= 0.3 is 0 Å². The fraction of sp³-hybridized carbons (Fsp3) is 0.750. The van der Waals surface area contributed by atoms with E-state index >= 15 is 0 Å². The van der Waals surface area contributed by atoms with Crippen molar-refractivity contribution in [3.8, 4) is 0 Å². The first-order valence-corrected chi connectivity index (χ1v) is 6.34. The normalized spacial score (nSPS) is 17.7. The van der Waals surface area contributed by atoms with Gasteiger partial charge in [-0.05, 0) is 25.2 Å². The maximum Gasteiger partial charge on any atom is 0.150 e. The zero-order valence-corrected chi connectivity index (χ0v) is 10.7. The van der Waals surface area contributed by atoms with Crippen molar-refractivity contribution < 1.29 is 5.11 Å². The molecule has 1 fully saturated rings. The van der Waals surface area contributed by atoms with Gasteiger partial charge in [0.2, 0.25) is 0 Å². The van der Waals surface area contributed by atoms with Crippen LogP contribution in [0.25, 0.3) is 0 Å². The number of nitrogens with two attached hydrogens (primary N) is 1. The van der Waals surface area contributed by atoms with Gasteiger partial charge in [-0.3, -0.25) is 4.68 Å². The first-order valence-electron chi connectivity index (χ1n) is 6.34. The SMILES string of the molecule is CCc1nn(C)c(N2CCC(CO)CC2)c1N. The Labute approximate surface area is 102 Å². The lowest BCUT2D eigenvalue weighted by atomic mass is 9.98. The zero-order valence-electron chi connectivity index (χ0n) is 10.7. The smallest absolute Gasteiger partial charge is 0.150 e. The van der Waals surface area contributed by atoms with Crippen molar-refractivity contribution in [2.24, 2.45) is 13.0 Å². The van der Waals surface area contributed by atoms with Crippen LogP contribution in [0, 0.1) is 5.92 Å². The number of aromatic nitrogens is 2. The Balaban J connectivity index is 2.15. The summed E-state index contributed by atoms with van der Waals surface area (Å²) in [5.41, 5.74) is 7.93. The molecule has 1 aromatic rings. The van der Waals surface area contributed by atoms with Crippen LogP contribution in [0.1, 0.15) is 25.5 Å². The number of hydrogen-bond acceptors (Lipinski definition) is 4. The minimum atomic E-state index is 0.301. The van der Waals surface area contributed by atoms with Gasteiger partial charge in [0.05, 0.1) is 11.4 Å². The van der Waals surface area contributed by atoms with Gasteiger partial charge in [0.15, 0.2) is 0 Å². The average molecular weight is 238 g/mol. The predicted octanol–water partition coefficient (Wildman–Crippen LogP) is 0.773. The fourth-order valence-corrected chi connectivity index (χ4v) is 2.55. The van der Waals surface area contributed by atoms with Crippen molar-refractivity contribution in [3.05, 3.63) is 5.69 Å². The monoisotopic (exact) mass is 238 g/mol. The molecule has 0 amide bonds. The van der Waals surface area contributed by atoms with E-state index in [-0.39, 0.29) is 0 Å². The molecule has 0 aliphatic carbocycles. The van der Waals surface area contributed by atoms with Gasteiger partial charge < -0.3 is 15.7 Å². The molecule has 0 bridgehead atoms. The molecule has 0 aromatic carbocycles. The first-order chi connectivity index (χ1) is 8.17.